The lowest BCUT2D eigenvalue weighted by atomic mass is 9.87. The van der Waals surface area contributed by atoms with Crippen LogP contribution in [0.5, 0.6) is 5.75 Å². The molecule has 8 nitrogen and oxygen atoms in total. The molecule has 1 amide bonds. The van der Waals surface area contributed by atoms with Crippen LogP contribution in [0, 0.1) is 5.92 Å². The fourth-order valence-corrected chi connectivity index (χ4v) is 3.68. The van der Waals surface area contributed by atoms with Crippen LogP contribution in [0.1, 0.15) is 37.5 Å². The molecule has 0 aliphatic heterocycles. The van der Waals surface area contributed by atoms with Crippen LogP contribution in [0.15, 0.2) is 54.7 Å². The number of carbonyl (C=O) groups is 2. The number of methoxy groups -OCH3 is 2. The number of amides is 1. The third kappa shape index (κ3) is 6.38. The predicted molar refractivity (Wildman–Crippen MR) is 139 cm³/mol. The van der Waals surface area contributed by atoms with Gasteiger partial charge in [0.2, 0.25) is 5.91 Å². The van der Waals surface area contributed by atoms with Crippen molar-refractivity contribution in [3.63, 3.8) is 0 Å². The summed E-state index contributed by atoms with van der Waals surface area (Å²) >= 11 is 0. The number of hydrogen-bond acceptors (Lipinski definition) is 6. The van der Waals surface area contributed by atoms with Gasteiger partial charge in [-0.2, -0.15) is 5.10 Å². The number of anilines is 1. The molecule has 3 rings (SSSR count). The highest BCUT2D eigenvalue weighted by molar-refractivity contribution is 6.17. The Kier molecular flexibility index (Phi) is 8.46. The Morgan fingerprint density at radius 3 is 2.43 bits per heavy atom. The van der Waals surface area contributed by atoms with Crippen molar-refractivity contribution < 1.29 is 19.1 Å². The first-order valence-corrected chi connectivity index (χ1v) is 11.5. The van der Waals surface area contributed by atoms with Crippen LogP contribution in [0.4, 0.5) is 5.82 Å². The zero-order chi connectivity index (χ0) is 25.5. The van der Waals surface area contributed by atoms with Gasteiger partial charge in [0, 0.05) is 43.3 Å². The molecule has 0 aliphatic carbocycles. The third-order valence-electron chi connectivity index (χ3n) is 5.63. The highest BCUT2D eigenvalue weighted by Gasteiger charge is 2.26. The van der Waals surface area contributed by atoms with Gasteiger partial charge in [-0.25, -0.2) is 4.79 Å². The number of hydrogen-bond donors (Lipinski definition) is 0. The van der Waals surface area contributed by atoms with Gasteiger partial charge in [-0.1, -0.05) is 19.9 Å². The molecule has 1 unspecified atom stereocenters. The van der Waals surface area contributed by atoms with E-state index in [-0.39, 0.29) is 17.8 Å². The van der Waals surface area contributed by atoms with E-state index >= 15 is 0 Å². The van der Waals surface area contributed by atoms with E-state index in [9.17, 15) is 9.59 Å². The van der Waals surface area contributed by atoms with E-state index in [0.717, 1.165) is 22.6 Å². The van der Waals surface area contributed by atoms with Crippen LogP contribution in [-0.2, 0) is 21.4 Å². The Morgan fingerprint density at radius 2 is 1.86 bits per heavy atom. The van der Waals surface area contributed by atoms with E-state index in [2.05, 4.69) is 14.8 Å². The predicted octanol–water partition coefficient (Wildman–Crippen LogP) is 3.39. The zero-order valence-corrected chi connectivity index (χ0v) is 21.1. The second-order valence-corrected chi connectivity index (χ2v) is 8.65. The topological polar surface area (TPSA) is 86.5 Å². The fraction of sp³-hybridized carbons (Fsp3) is 0.308. The lowest BCUT2D eigenvalue weighted by Gasteiger charge is -2.28. The van der Waals surface area contributed by atoms with Gasteiger partial charge in [-0.3, -0.25) is 19.4 Å². The largest absolute Gasteiger partial charge is 0.497 e. The summed E-state index contributed by atoms with van der Waals surface area (Å²) in [4.78, 5) is 31.1. The summed E-state index contributed by atoms with van der Waals surface area (Å²) in [5.41, 5.74) is 3.37. The van der Waals surface area contributed by atoms with Gasteiger partial charge >= 0.3 is 5.97 Å². The molecule has 0 saturated heterocycles. The standard InChI is InChI=1S/C26H31BN4O4/c1-17(2)14-24(32)31(23-15-20(30(3)29-23)9-13-25(33)35-5)26(27)19-8-12-22(28-16-19)18-6-10-21(34-4)11-7-18/h6-13,15-17,26H,14,27H2,1-5H3/b13-9+. The van der Waals surface area contributed by atoms with E-state index in [1.165, 1.54) is 13.2 Å². The number of aryl methyl sites for hydroxylation is 1. The summed E-state index contributed by atoms with van der Waals surface area (Å²) in [5.74, 6) is 0.690. The monoisotopic (exact) mass is 474 g/mol. The van der Waals surface area contributed by atoms with E-state index in [1.54, 1.807) is 42.1 Å². The Morgan fingerprint density at radius 1 is 1.14 bits per heavy atom. The lowest BCUT2D eigenvalue weighted by molar-refractivity contribution is -0.134. The first-order valence-electron chi connectivity index (χ1n) is 11.5. The maximum absolute atomic E-state index is 13.3. The lowest BCUT2D eigenvalue weighted by Crippen LogP contribution is -2.36. The number of nitrogens with zero attached hydrogens (tertiary/aromatic N) is 4. The minimum atomic E-state index is -0.461. The van der Waals surface area contributed by atoms with Crippen molar-refractivity contribution in [1.82, 2.24) is 14.8 Å². The fourth-order valence-electron chi connectivity index (χ4n) is 3.68. The molecule has 2 aromatic heterocycles. The van der Waals surface area contributed by atoms with E-state index < -0.39 is 5.97 Å². The maximum atomic E-state index is 13.3. The number of pyridine rings is 1. The van der Waals surface area contributed by atoms with Crippen molar-refractivity contribution >= 4 is 31.6 Å². The zero-order valence-electron chi connectivity index (χ0n) is 21.1. The van der Waals surface area contributed by atoms with Crippen LogP contribution in [0.25, 0.3) is 17.3 Å². The quantitative estimate of drug-likeness (QED) is 0.269. The molecule has 1 atom stereocenters. The molecule has 0 N–H and O–H groups in total. The number of benzene rings is 1. The van der Waals surface area contributed by atoms with Crippen LogP contribution in [0.2, 0.25) is 0 Å². The highest BCUT2D eigenvalue weighted by atomic mass is 16.5. The summed E-state index contributed by atoms with van der Waals surface area (Å²) < 4.78 is 11.5. The molecule has 35 heavy (non-hydrogen) atoms. The van der Waals surface area contributed by atoms with Crippen molar-refractivity contribution in [3.05, 3.63) is 66.0 Å². The third-order valence-corrected chi connectivity index (χ3v) is 5.63. The van der Waals surface area contributed by atoms with E-state index in [0.29, 0.717) is 17.9 Å². The van der Waals surface area contributed by atoms with Crippen molar-refractivity contribution in [2.24, 2.45) is 13.0 Å². The second kappa shape index (κ2) is 11.5. The minimum Gasteiger partial charge on any atom is -0.497 e. The molecular weight excluding hydrogens is 443 g/mol. The van der Waals surface area contributed by atoms with Crippen molar-refractivity contribution in [3.8, 4) is 17.0 Å². The Bertz CT molecular complexity index is 1190. The second-order valence-electron chi connectivity index (χ2n) is 8.65. The summed E-state index contributed by atoms with van der Waals surface area (Å²) in [6.45, 7) is 4.02. The average Bonchev–Trinajstić information content (AvgIpc) is 3.21. The van der Waals surface area contributed by atoms with Crippen LogP contribution < -0.4 is 9.64 Å². The van der Waals surface area contributed by atoms with Gasteiger partial charge in [0.1, 0.15) is 13.6 Å². The van der Waals surface area contributed by atoms with Gasteiger partial charge in [0.25, 0.3) is 0 Å². The summed E-state index contributed by atoms with van der Waals surface area (Å²) in [6.07, 6.45) is 5.11. The van der Waals surface area contributed by atoms with Gasteiger partial charge < -0.3 is 9.47 Å². The molecule has 0 spiro atoms. The van der Waals surface area contributed by atoms with E-state index in [1.807, 2.05) is 58.1 Å². The molecule has 0 radical (unpaired) electrons. The summed E-state index contributed by atoms with van der Waals surface area (Å²) in [7, 11) is 6.68. The number of carbonyl (C=O) groups excluding carboxylic acids is 2. The normalized spacial score (nSPS) is 12.1. The summed E-state index contributed by atoms with van der Waals surface area (Å²) in [6, 6.07) is 13.4. The number of rotatable bonds is 9. The average molecular weight is 474 g/mol. The van der Waals surface area contributed by atoms with E-state index in [4.69, 9.17) is 4.74 Å². The minimum absolute atomic E-state index is 0.0340. The number of aromatic nitrogens is 3. The van der Waals surface area contributed by atoms with Crippen LogP contribution in [-0.4, -0.2) is 48.7 Å². The van der Waals surface area contributed by atoms with Crippen molar-refractivity contribution in [2.75, 3.05) is 19.1 Å². The first-order chi connectivity index (χ1) is 16.7. The van der Waals surface area contributed by atoms with Gasteiger partial charge in [-0.05, 0) is 47.9 Å². The summed E-state index contributed by atoms with van der Waals surface area (Å²) in [5, 5.41) is 4.56. The van der Waals surface area contributed by atoms with Crippen LogP contribution >= 0.6 is 0 Å². The molecule has 9 heteroatoms. The SMILES string of the molecule is BC(c1ccc(-c2ccc(OC)cc2)nc1)N(C(=O)CC(C)C)c1cc(/C=C/C(=O)OC)n(C)n1. The smallest absolute Gasteiger partial charge is 0.330 e. The highest BCUT2D eigenvalue weighted by Crippen LogP contribution is 2.28. The molecule has 2 heterocycles. The van der Waals surface area contributed by atoms with Gasteiger partial charge in [0.15, 0.2) is 5.82 Å². The Labute approximate surface area is 207 Å². The first kappa shape index (κ1) is 25.7. The van der Waals surface area contributed by atoms with Gasteiger partial charge in [0.05, 0.1) is 25.6 Å². The number of esters is 1. The molecule has 0 aliphatic rings. The molecular formula is C26H31BN4O4. The number of ether oxygens (including phenoxy) is 2. The van der Waals surface area contributed by atoms with Gasteiger partial charge in [-0.15, -0.1) is 0 Å². The molecule has 0 fully saturated rings. The Balaban J connectivity index is 1.91. The molecule has 182 valence electrons. The molecule has 0 saturated carbocycles. The van der Waals surface area contributed by atoms with Crippen LogP contribution in [0.3, 0.4) is 0 Å². The molecule has 3 aromatic rings. The van der Waals surface area contributed by atoms with Crippen molar-refractivity contribution in [2.45, 2.75) is 26.2 Å². The van der Waals surface area contributed by atoms with Crippen molar-refractivity contribution in [1.29, 1.82) is 0 Å². The Hall–Kier alpha value is -3.88. The maximum Gasteiger partial charge on any atom is 0.330 e. The molecule has 1 aromatic carbocycles. The molecule has 0 bridgehead atoms.